The number of benzene rings is 1. The highest BCUT2D eigenvalue weighted by molar-refractivity contribution is 8.00. The van der Waals surface area contributed by atoms with Crippen LogP contribution in [0.1, 0.15) is 23.7 Å². The van der Waals surface area contributed by atoms with Gasteiger partial charge in [-0.3, -0.25) is 10.1 Å². The lowest BCUT2D eigenvalue weighted by Crippen LogP contribution is -2.11. The Labute approximate surface area is 125 Å². The lowest BCUT2D eigenvalue weighted by molar-refractivity contribution is 0.102. The summed E-state index contributed by atoms with van der Waals surface area (Å²) in [5.74, 6) is 0.569. The smallest absolute Gasteiger partial charge is 0.257 e. The van der Waals surface area contributed by atoms with Crippen LogP contribution in [0.15, 0.2) is 28.6 Å². The molecule has 0 aliphatic heterocycles. The maximum atomic E-state index is 12.0. The van der Waals surface area contributed by atoms with Gasteiger partial charge in [0, 0.05) is 5.56 Å². The van der Waals surface area contributed by atoms with E-state index in [-0.39, 0.29) is 5.91 Å². The largest absolute Gasteiger partial charge is 0.494 e. The molecule has 0 fully saturated rings. The van der Waals surface area contributed by atoms with E-state index < -0.39 is 0 Å². The van der Waals surface area contributed by atoms with E-state index in [1.807, 2.05) is 13.2 Å². The zero-order valence-corrected chi connectivity index (χ0v) is 12.9. The molecule has 2 aromatic rings. The van der Waals surface area contributed by atoms with Crippen LogP contribution in [0.5, 0.6) is 5.75 Å². The van der Waals surface area contributed by atoms with E-state index in [1.54, 1.807) is 24.3 Å². The molecule has 106 valence electrons. The van der Waals surface area contributed by atoms with Gasteiger partial charge in [-0.25, -0.2) is 0 Å². The van der Waals surface area contributed by atoms with E-state index in [1.165, 1.54) is 23.1 Å². The van der Waals surface area contributed by atoms with Gasteiger partial charge in [-0.05, 0) is 36.9 Å². The fraction of sp³-hybridized carbons (Fsp3) is 0.308. The van der Waals surface area contributed by atoms with E-state index in [0.717, 1.165) is 16.5 Å². The molecule has 0 aliphatic rings. The molecule has 0 bridgehead atoms. The van der Waals surface area contributed by atoms with Gasteiger partial charge in [-0.2, -0.15) is 0 Å². The minimum atomic E-state index is -0.198. The zero-order valence-electron chi connectivity index (χ0n) is 11.3. The quantitative estimate of drug-likeness (QED) is 0.655. The molecule has 1 heterocycles. The number of hydrogen-bond donors (Lipinski definition) is 1. The number of hydrogen-bond acceptors (Lipinski definition) is 6. The SMILES string of the molecule is CCCOc1ccc(C(=O)Nc2nnc(SC)s2)cc1. The minimum Gasteiger partial charge on any atom is -0.494 e. The molecule has 5 nitrogen and oxygen atoms in total. The van der Waals surface area contributed by atoms with Crippen molar-refractivity contribution in [1.82, 2.24) is 10.2 Å². The standard InChI is InChI=1S/C13H15N3O2S2/c1-3-8-18-10-6-4-9(5-7-10)11(17)14-12-15-16-13(19-2)20-12/h4-7H,3,8H2,1-2H3,(H,14,15,17). The van der Waals surface area contributed by atoms with E-state index >= 15 is 0 Å². The van der Waals surface area contributed by atoms with Crippen molar-refractivity contribution in [2.75, 3.05) is 18.2 Å². The Morgan fingerprint density at radius 2 is 2.10 bits per heavy atom. The van der Waals surface area contributed by atoms with E-state index in [2.05, 4.69) is 15.5 Å². The number of ether oxygens (including phenoxy) is 1. The molecule has 1 amide bonds. The van der Waals surface area contributed by atoms with Crippen molar-refractivity contribution in [2.45, 2.75) is 17.7 Å². The van der Waals surface area contributed by atoms with E-state index in [0.29, 0.717) is 17.3 Å². The van der Waals surface area contributed by atoms with Crippen molar-refractivity contribution in [3.8, 4) is 5.75 Å². The Bertz CT molecular complexity index is 569. The summed E-state index contributed by atoms with van der Waals surface area (Å²) in [6.07, 6.45) is 2.87. The summed E-state index contributed by atoms with van der Waals surface area (Å²) in [7, 11) is 0. The van der Waals surface area contributed by atoms with Gasteiger partial charge in [0.15, 0.2) is 4.34 Å². The second-order valence-electron chi connectivity index (χ2n) is 3.90. The number of thioether (sulfide) groups is 1. The van der Waals surface area contributed by atoms with Crippen molar-refractivity contribution in [3.63, 3.8) is 0 Å². The Hall–Kier alpha value is -1.60. The topological polar surface area (TPSA) is 64.1 Å². The summed E-state index contributed by atoms with van der Waals surface area (Å²) in [4.78, 5) is 12.0. The first-order chi connectivity index (χ1) is 9.72. The van der Waals surface area contributed by atoms with E-state index in [9.17, 15) is 4.79 Å². The molecule has 1 aromatic heterocycles. The number of nitrogens with one attached hydrogen (secondary N) is 1. The predicted octanol–water partition coefficient (Wildman–Crippen LogP) is 3.30. The number of aromatic nitrogens is 2. The number of nitrogens with zero attached hydrogens (tertiary/aromatic N) is 2. The molecule has 2 rings (SSSR count). The summed E-state index contributed by atoms with van der Waals surface area (Å²) >= 11 is 2.85. The van der Waals surface area contributed by atoms with Crippen molar-refractivity contribution in [3.05, 3.63) is 29.8 Å². The van der Waals surface area contributed by atoms with Gasteiger partial charge in [-0.15, -0.1) is 10.2 Å². The van der Waals surface area contributed by atoms with Crippen LogP contribution < -0.4 is 10.1 Å². The van der Waals surface area contributed by atoms with Gasteiger partial charge in [0.2, 0.25) is 5.13 Å². The number of amides is 1. The summed E-state index contributed by atoms with van der Waals surface area (Å²) in [5, 5.41) is 11.1. The Morgan fingerprint density at radius 1 is 1.35 bits per heavy atom. The maximum Gasteiger partial charge on any atom is 0.257 e. The molecule has 0 unspecified atom stereocenters. The fourth-order valence-corrected chi connectivity index (χ4v) is 2.60. The fourth-order valence-electron chi connectivity index (χ4n) is 1.43. The molecule has 0 atom stereocenters. The average molecular weight is 309 g/mol. The van der Waals surface area contributed by atoms with Crippen LogP contribution in [-0.4, -0.2) is 29.0 Å². The van der Waals surface area contributed by atoms with Gasteiger partial charge >= 0.3 is 0 Å². The van der Waals surface area contributed by atoms with Gasteiger partial charge in [0.25, 0.3) is 5.91 Å². The summed E-state index contributed by atoms with van der Waals surface area (Å²) in [5.41, 5.74) is 0.565. The summed E-state index contributed by atoms with van der Waals surface area (Å²) < 4.78 is 6.29. The second-order valence-corrected chi connectivity index (χ2v) is 5.94. The first-order valence-electron chi connectivity index (χ1n) is 6.14. The maximum absolute atomic E-state index is 12.0. The monoisotopic (exact) mass is 309 g/mol. The van der Waals surface area contributed by atoms with Crippen molar-refractivity contribution in [1.29, 1.82) is 0 Å². The molecule has 0 saturated heterocycles. The van der Waals surface area contributed by atoms with Crippen molar-refractivity contribution >= 4 is 34.1 Å². The van der Waals surface area contributed by atoms with Crippen LogP contribution in [-0.2, 0) is 0 Å². The first-order valence-corrected chi connectivity index (χ1v) is 8.18. The number of rotatable bonds is 6. The highest BCUT2D eigenvalue weighted by atomic mass is 32.2. The molecule has 20 heavy (non-hydrogen) atoms. The van der Waals surface area contributed by atoms with Crippen LogP contribution in [0.2, 0.25) is 0 Å². The molecule has 0 saturated carbocycles. The third kappa shape index (κ3) is 3.94. The Morgan fingerprint density at radius 3 is 2.70 bits per heavy atom. The summed E-state index contributed by atoms with van der Waals surface area (Å²) in [6, 6.07) is 7.05. The minimum absolute atomic E-state index is 0.198. The van der Waals surface area contributed by atoms with Crippen LogP contribution in [0.3, 0.4) is 0 Å². The third-order valence-electron chi connectivity index (χ3n) is 2.39. The average Bonchev–Trinajstić information content (AvgIpc) is 2.93. The van der Waals surface area contributed by atoms with Crippen molar-refractivity contribution < 1.29 is 9.53 Å². The highest BCUT2D eigenvalue weighted by Gasteiger charge is 2.10. The van der Waals surface area contributed by atoms with Crippen LogP contribution in [0.25, 0.3) is 0 Å². The van der Waals surface area contributed by atoms with Gasteiger partial charge in [0.05, 0.1) is 6.61 Å². The summed E-state index contributed by atoms with van der Waals surface area (Å²) in [6.45, 7) is 2.72. The molecule has 1 aromatic carbocycles. The molecular formula is C13H15N3O2S2. The third-order valence-corrected chi connectivity index (χ3v) is 4.21. The lowest BCUT2D eigenvalue weighted by Gasteiger charge is -2.05. The molecule has 0 spiro atoms. The van der Waals surface area contributed by atoms with Crippen LogP contribution >= 0.6 is 23.1 Å². The van der Waals surface area contributed by atoms with Gasteiger partial charge < -0.3 is 4.74 Å². The molecular weight excluding hydrogens is 294 g/mol. The Kier molecular flexibility index (Phi) is 5.37. The van der Waals surface area contributed by atoms with E-state index in [4.69, 9.17) is 4.74 Å². The van der Waals surface area contributed by atoms with Crippen LogP contribution in [0, 0.1) is 0 Å². The highest BCUT2D eigenvalue weighted by Crippen LogP contribution is 2.23. The lowest BCUT2D eigenvalue weighted by atomic mass is 10.2. The molecule has 1 N–H and O–H groups in total. The number of anilines is 1. The van der Waals surface area contributed by atoms with Crippen molar-refractivity contribution in [2.24, 2.45) is 0 Å². The zero-order chi connectivity index (χ0) is 14.4. The number of carbonyl (C=O) groups excluding carboxylic acids is 1. The second kappa shape index (κ2) is 7.25. The molecule has 7 heteroatoms. The van der Waals surface area contributed by atoms with Crippen LogP contribution in [0.4, 0.5) is 5.13 Å². The van der Waals surface area contributed by atoms with Gasteiger partial charge in [-0.1, -0.05) is 30.0 Å². The first kappa shape index (κ1) is 14.8. The molecule has 0 aliphatic carbocycles. The Balaban J connectivity index is 1.98. The normalized spacial score (nSPS) is 10.3. The molecule has 0 radical (unpaired) electrons. The predicted molar refractivity (Wildman–Crippen MR) is 81.9 cm³/mol. The van der Waals surface area contributed by atoms with Gasteiger partial charge in [0.1, 0.15) is 5.75 Å². The number of carbonyl (C=O) groups is 1.